The van der Waals surface area contributed by atoms with Gasteiger partial charge in [-0.3, -0.25) is 10.1 Å². The summed E-state index contributed by atoms with van der Waals surface area (Å²) in [7, 11) is 0. The molecule has 1 aliphatic carbocycles. The molecule has 0 bridgehead atoms. The van der Waals surface area contributed by atoms with E-state index in [0.29, 0.717) is 12.5 Å². The fourth-order valence-corrected chi connectivity index (χ4v) is 2.22. The number of aliphatic carboxylic acids is 1. The van der Waals surface area contributed by atoms with Crippen LogP contribution in [0.1, 0.15) is 41.8 Å². The molecule has 1 saturated carbocycles. The molecule has 2 aromatic rings. The number of rotatable bonds is 6. The Morgan fingerprint density at radius 3 is 2.48 bits per heavy atom. The number of nitrogens with zero attached hydrogens (tertiary/aromatic N) is 2. The van der Waals surface area contributed by atoms with E-state index in [1.165, 1.54) is 12.8 Å². The van der Waals surface area contributed by atoms with Crippen molar-refractivity contribution in [1.82, 2.24) is 15.3 Å². The van der Waals surface area contributed by atoms with Crippen LogP contribution in [0.15, 0.2) is 42.7 Å². The van der Waals surface area contributed by atoms with Gasteiger partial charge < -0.3 is 5.11 Å². The van der Waals surface area contributed by atoms with Gasteiger partial charge in [0, 0.05) is 30.4 Å². The second-order valence-corrected chi connectivity index (χ2v) is 5.29. The lowest BCUT2D eigenvalue weighted by molar-refractivity contribution is -0.139. The van der Waals surface area contributed by atoms with Crippen molar-refractivity contribution >= 4 is 5.97 Å². The van der Waals surface area contributed by atoms with E-state index in [1.54, 1.807) is 24.5 Å². The Hall–Kier alpha value is -2.27. The Bertz CT molecular complexity index is 609. The van der Waals surface area contributed by atoms with Gasteiger partial charge in [-0.2, -0.15) is 0 Å². The molecular weight excluding hydrogens is 266 g/mol. The Kier molecular flexibility index (Phi) is 3.92. The Labute approximate surface area is 123 Å². The minimum Gasteiger partial charge on any atom is -0.480 e. The van der Waals surface area contributed by atoms with Crippen molar-refractivity contribution in [2.75, 3.05) is 0 Å². The second kappa shape index (κ2) is 6.01. The van der Waals surface area contributed by atoms with Crippen LogP contribution in [0.5, 0.6) is 0 Å². The summed E-state index contributed by atoms with van der Waals surface area (Å²) in [5.74, 6) is 0.538. The summed E-state index contributed by atoms with van der Waals surface area (Å²) < 4.78 is 0. The quantitative estimate of drug-likeness (QED) is 0.850. The molecule has 3 rings (SSSR count). The average molecular weight is 283 g/mol. The van der Waals surface area contributed by atoms with Crippen LogP contribution in [-0.2, 0) is 11.3 Å². The van der Waals surface area contributed by atoms with Gasteiger partial charge >= 0.3 is 5.97 Å². The predicted octanol–water partition coefficient (Wildman–Crippen LogP) is 2.27. The Morgan fingerprint density at radius 2 is 1.90 bits per heavy atom. The van der Waals surface area contributed by atoms with Crippen molar-refractivity contribution in [1.29, 1.82) is 0 Å². The van der Waals surface area contributed by atoms with Gasteiger partial charge in [0.25, 0.3) is 0 Å². The van der Waals surface area contributed by atoms with Gasteiger partial charge in [-0.25, -0.2) is 9.97 Å². The van der Waals surface area contributed by atoms with E-state index in [0.717, 1.165) is 17.0 Å². The van der Waals surface area contributed by atoms with Gasteiger partial charge in [0.2, 0.25) is 0 Å². The van der Waals surface area contributed by atoms with Gasteiger partial charge in [0.05, 0.1) is 0 Å². The summed E-state index contributed by atoms with van der Waals surface area (Å²) in [6, 6.07) is 8.42. The van der Waals surface area contributed by atoms with Crippen LogP contribution in [0.4, 0.5) is 0 Å². The van der Waals surface area contributed by atoms with E-state index in [1.807, 2.05) is 18.2 Å². The van der Waals surface area contributed by atoms with Crippen molar-refractivity contribution in [3.8, 4) is 0 Å². The lowest BCUT2D eigenvalue weighted by atomic mass is 10.1. The molecule has 0 unspecified atom stereocenters. The van der Waals surface area contributed by atoms with E-state index in [4.69, 9.17) is 0 Å². The van der Waals surface area contributed by atoms with Crippen LogP contribution in [0, 0.1) is 0 Å². The molecule has 0 aliphatic heterocycles. The van der Waals surface area contributed by atoms with Gasteiger partial charge in [-0.05, 0) is 18.4 Å². The number of hydrogen-bond donors (Lipinski definition) is 2. The van der Waals surface area contributed by atoms with E-state index >= 15 is 0 Å². The molecule has 5 heteroatoms. The molecule has 1 aromatic heterocycles. The molecule has 21 heavy (non-hydrogen) atoms. The molecule has 1 aromatic carbocycles. The van der Waals surface area contributed by atoms with Crippen LogP contribution in [0.3, 0.4) is 0 Å². The predicted molar refractivity (Wildman–Crippen MR) is 77.7 cm³/mol. The minimum atomic E-state index is -0.892. The summed E-state index contributed by atoms with van der Waals surface area (Å²) in [4.78, 5) is 20.1. The maximum Gasteiger partial charge on any atom is 0.325 e. The average Bonchev–Trinajstić information content (AvgIpc) is 3.34. The zero-order chi connectivity index (χ0) is 14.7. The van der Waals surface area contributed by atoms with E-state index in [9.17, 15) is 9.90 Å². The topological polar surface area (TPSA) is 75.1 Å². The van der Waals surface area contributed by atoms with Crippen LogP contribution >= 0.6 is 0 Å². The summed E-state index contributed by atoms with van der Waals surface area (Å²) in [6.07, 6.45) is 5.90. The number of aromatic nitrogens is 2. The first-order valence-electron chi connectivity index (χ1n) is 7.06. The number of benzene rings is 1. The third-order valence-electron chi connectivity index (χ3n) is 3.56. The molecular formula is C16H17N3O2. The molecule has 0 amide bonds. The molecule has 0 saturated heterocycles. The lowest BCUT2D eigenvalue weighted by Crippen LogP contribution is -2.28. The van der Waals surface area contributed by atoms with Gasteiger partial charge in [0.1, 0.15) is 11.9 Å². The molecule has 1 fully saturated rings. The first-order chi connectivity index (χ1) is 10.2. The maximum absolute atomic E-state index is 11.4. The highest BCUT2D eigenvalue weighted by atomic mass is 16.4. The van der Waals surface area contributed by atoms with E-state index < -0.39 is 12.0 Å². The van der Waals surface area contributed by atoms with Gasteiger partial charge in [-0.1, -0.05) is 30.3 Å². The number of hydrogen-bond acceptors (Lipinski definition) is 4. The largest absolute Gasteiger partial charge is 0.480 e. The molecule has 108 valence electrons. The molecule has 1 aliphatic rings. The van der Waals surface area contributed by atoms with E-state index in [-0.39, 0.29) is 0 Å². The van der Waals surface area contributed by atoms with Crippen LogP contribution in [-0.4, -0.2) is 21.0 Å². The van der Waals surface area contributed by atoms with Crippen molar-refractivity contribution in [2.24, 2.45) is 0 Å². The molecule has 1 atom stereocenters. The first kappa shape index (κ1) is 13.7. The molecule has 0 radical (unpaired) electrons. The maximum atomic E-state index is 11.4. The number of carboxylic acid groups (broad SMARTS) is 1. The van der Waals surface area contributed by atoms with Crippen molar-refractivity contribution < 1.29 is 9.90 Å². The Morgan fingerprint density at radius 1 is 1.24 bits per heavy atom. The highest BCUT2D eigenvalue weighted by Crippen LogP contribution is 2.37. The lowest BCUT2D eigenvalue weighted by Gasteiger charge is -2.14. The monoisotopic (exact) mass is 283 g/mol. The van der Waals surface area contributed by atoms with Crippen LogP contribution in [0.25, 0.3) is 0 Å². The number of carbonyl (C=O) groups is 1. The SMILES string of the molecule is O=C(O)[C@@H](NCc1cnc(C2CC2)nc1)c1ccccc1. The highest BCUT2D eigenvalue weighted by molar-refractivity contribution is 5.75. The summed E-state index contributed by atoms with van der Waals surface area (Å²) in [6.45, 7) is 0.427. The third-order valence-corrected chi connectivity index (χ3v) is 3.56. The second-order valence-electron chi connectivity index (χ2n) is 5.29. The fraction of sp³-hybridized carbons (Fsp3) is 0.312. The Balaban J connectivity index is 1.65. The van der Waals surface area contributed by atoms with Crippen molar-refractivity contribution in [3.05, 3.63) is 59.7 Å². The summed E-state index contributed by atoms with van der Waals surface area (Å²) in [5, 5.41) is 12.4. The normalized spacial score (nSPS) is 15.6. The molecule has 2 N–H and O–H groups in total. The van der Waals surface area contributed by atoms with Gasteiger partial charge in [-0.15, -0.1) is 0 Å². The molecule has 0 spiro atoms. The van der Waals surface area contributed by atoms with Crippen LogP contribution in [0.2, 0.25) is 0 Å². The van der Waals surface area contributed by atoms with Gasteiger partial charge in [0.15, 0.2) is 0 Å². The van der Waals surface area contributed by atoms with E-state index in [2.05, 4.69) is 15.3 Å². The summed E-state index contributed by atoms with van der Waals surface area (Å²) >= 11 is 0. The van der Waals surface area contributed by atoms with Crippen molar-refractivity contribution in [2.45, 2.75) is 31.3 Å². The molecule has 5 nitrogen and oxygen atoms in total. The van der Waals surface area contributed by atoms with Crippen molar-refractivity contribution in [3.63, 3.8) is 0 Å². The fourth-order valence-electron chi connectivity index (χ4n) is 2.22. The smallest absolute Gasteiger partial charge is 0.325 e. The zero-order valence-corrected chi connectivity index (χ0v) is 11.6. The standard InChI is InChI=1S/C16H17N3O2/c20-16(21)14(12-4-2-1-3-5-12)17-8-11-9-18-15(19-10-11)13-6-7-13/h1-5,9-10,13-14,17H,6-8H2,(H,20,21)/t14-/m0/s1. The number of carboxylic acids is 1. The first-order valence-corrected chi connectivity index (χ1v) is 7.06. The van der Waals surface area contributed by atoms with Crippen LogP contribution < -0.4 is 5.32 Å². The summed E-state index contributed by atoms with van der Waals surface area (Å²) in [5.41, 5.74) is 1.63. The zero-order valence-electron chi connectivity index (χ0n) is 11.6. The number of nitrogens with one attached hydrogen (secondary N) is 1. The third kappa shape index (κ3) is 3.44. The minimum absolute atomic E-state index is 0.427. The molecule has 1 heterocycles. The highest BCUT2D eigenvalue weighted by Gasteiger charge is 2.26.